The van der Waals surface area contributed by atoms with E-state index in [2.05, 4.69) is 50.8 Å². The monoisotopic (exact) mass is 311 g/mol. The molecule has 5 aromatic rings. The first-order chi connectivity index (χ1) is 11.9. The Morgan fingerprint density at radius 2 is 1.67 bits per heavy atom. The SMILES string of the molecule is c1ccc2cc(-n3nnnc3-c3c[nH]c4ccccc34)ccc2c1. The molecule has 24 heavy (non-hydrogen) atoms. The van der Waals surface area contributed by atoms with Crippen molar-refractivity contribution in [3.8, 4) is 17.1 Å². The summed E-state index contributed by atoms with van der Waals surface area (Å²) >= 11 is 0. The van der Waals surface area contributed by atoms with Crippen LogP contribution in [0.2, 0.25) is 0 Å². The van der Waals surface area contributed by atoms with Crippen LogP contribution in [0, 0.1) is 0 Å². The lowest BCUT2D eigenvalue weighted by atomic mass is 10.1. The Labute approximate surface area is 137 Å². The third-order valence-corrected chi connectivity index (χ3v) is 4.28. The maximum Gasteiger partial charge on any atom is 0.189 e. The first-order valence-corrected chi connectivity index (χ1v) is 7.74. The Morgan fingerprint density at radius 1 is 0.833 bits per heavy atom. The van der Waals surface area contributed by atoms with Crippen molar-refractivity contribution in [3.05, 3.63) is 72.9 Å². The van der Waals surface area contributed by atoms with Crippen LogP contribution in [0.3, 0.4) is 0 Å². The Morgan fingerprint density at radius 3 is 2.62 bits per heavy atom. The van der Waals surface area contributed by atoms with Crippen LogP contribution in [0.25, 0.3) is 38.8 Å². The van der Waals surface area contributed by atoms with E-state index >= 15 is 0 Å². The maximum atomic E-state index is 4.25. The van der Waals surface area contributed by atoms with Gasteiger partial charge in [0.15, 0.2) is 5.82 Å². The number of nitrogens with zero attached hydrogens (tertiary/aromatic N) is 4. The highest BCUT2D eigenvalue weighted by Crippen LogP contribution is 2.28. The van der Waals surface area contributed by atoms with E-state index in [0.717, 1.165) is 33.4 Å². The first kappa shape index (κ1) is 13.0. The zero-order chi connectivity index (χ0) is 15.9. The molecule has 5 nitrogen and oxygen atoms in total. The summed E-state index contributed by atoms with van der Waals surface area (Å²) in [5, 5.41) is 15.8. The summed E-state index contributed by atoms with van der Waals surface area (Å²) < 4.78 is 1.78. The second-order valence-electron chi connectivity index (χ2n) is 5.69. The van der Waals surface area contributed by atoms with E-state index < -0.39 is 0 Å². The van der Waals surface area contributed by atoms with Gasteiger partial charge in [0.05, 0.1) is 5.69 Å². The number of hydrogen-bond acceptors (Lipinski definition) is 3. The number of nitrogens with one attached hydrogen (secondary N) is 1. The van der Waals surface area contributed by atoms with Gasteiger partial charge in [-0.2, -0.15) is 4.68 Å². The van der Waals surface area contributed by atoms with Gasteiger partial charge in [-0.1, -0.05) is 48.5 Å². The Balaban J connectivity index is 1.71. The fraction of sp³-hybridized carbons (Fsp3) is 0. The quantitative estimate of drug-likeness (QED) is 0.537. The molecule has 0 radical (unpaired) electrons. The third kappa shape index (κ3) is 1.91. The molecule has 0 fully saturated rings. The average Bonchev–Trinajstić information content (AvgIpc) is 3.27. The molecule has 0 saturated carbocycles. The Hall–Kier alpha value is -3.47. The molecule has 0 aliphatic rings. The summed E-state index contributed by atoms with van der Waals surface area (Å²) in [6, 6.07) is 22.6. The van der Waals surface area contributed by atoms with Gasteiger partial charge >= 0.3 is 0 Å². The van der Waals surface area contributed by atoms with Gasteiger partial charge in [-0.3, -0.25) is 0 Å². The minimum Gasteiger partial charge on any atom is -0.360 e. The molecule has 0 unspecified atom stereocenters. The minimum atomic E-state index is 0.725. The molecular weight excluding hydrogens is 298 g/mol. The number of aromatic nitrogens is 5. The predicted molar refractivity (Wildman–Crippen MR) is 94.0 cm³/mol. The van der Waals surface area contributed by atoms with Crippen molar-refractivity contribution in [2.45, 2.75) is 0 Å². The van der Waals surface area contributed by atoms with Gasteiger partial charge < -0.3 is 4.98 Å². The van der Waals surface area contributed by atoms with E-state index in [4.69, 9.17) is 0 Å². The number of benzene rings is 3. The molecule has 0 saturated heterocycles. The molecule has 5 rings (SSSR count). The van der Waals surface area contributed by atoms with Crippen LogP contribution in [0.4, 0.5) is 0 Å². The number of hydrogen-bond donors (Lipinski definition) is 1. The molecule has 3 aromatic carbocycles. The molecular formula is C19H13N5. The fourth-order valence-corrected chi connectivity index (χ4v) is 3.09. The van der Waals surface area contributed by atoms with Crippen LogP contribution in [0.15, 0.2) is 72.9 Å². The Bertz CT molecular complexity index is 1170. The first-order valence-electron chi connectivity index (χ1n) is 7.74. The van der Waals surface area contributed by atoms with Crippen LogP contribution in [0.5, 0.6) is 0 Å². The summed E-state index contributed by atoms with van der Waals surface area (Å²) in [5.41, 5.74) is 3.00. The van der Waals surface area contributed by atoms with Gasteiger partial charge in [-0.05, 0) is 39.4 Å². The van der Waals surface area contributed by atoms with Crippen molar-refractivity contribution in [2.24, 2.45) is 0 Å². The summed E-state index contributed by atoms with van der Waals surface area (Å²) in [5.74, 6) is 0.725. The zero-order valence-electron chi connectivity index (χ0n) is 12.7. The van der Waals surface area contributed by atoms with Crippen molar-refractivity contribution in [3.63, 3.8) is 0 Å². The number of aromatic amines is 1. The second kappa shape index (κ2) is 5.03. The summed E-state index contributed by atoms with van der Waals surface area (Å²) in [6.45, 7) is 0. The number of H-pyrrole nitrogens is 1. The van der Waals surface area contributed by atoms with Crippen LogP contribution in [0.1, 0.15) is 0 Å². The predicted octanol–water partition coefficient (Wildman–Crippen LogP) is 3.96. The topological polar surface area (TPSA) is 59.4 Å². The van der Waals surface area contributed by atoms with Crippen LogP contribution < -0.4 is 0 Å². The van der Waals surface area contributed by atoms with Gasteiger partial charge in [-0.15, -0.1) is 5.10 Å². The molecule has 0 bridgehead atoms. The Kier molecular flexibility index (Phi) is 2.72. The second-order valence-corrected chi connectivity index (χ2v) is 5.69. The number of rotatable bonds is 2. The van der Waals surface area contributed by atoms with Gasteiger partial charge in [-0.25, -0.2) is 0 Å². The van der Waals surface area contributed by atoms with Gasteiger partial charge in [0, 0.05) is 22.7 Å². The van der Waals surface area contributed by atoms with Gasteiger partial charge in [0.25, 0.3) is 0 Å². The third-order valence-electron chi connectivity index (χ3n) is 4.28. The number of tetrazole rings is 1. The minimum absolute atomic E-state index is 0.725. The highest BCUT2D eigenvalue weighted by atomic mass is 15.5. The molecule has 5 heteroatoms. The average molecular weight is 311 g/mol. The van der Waals surface area contributed by atoms with E-state index in [1.54, 1.807) is 4.68 Å². The molecule has 1 N–H and O–H groups in total. The number of para-hydroxylation sites is 1. The summed E-state index contributed by atoms with van der Waals surface area (Å²) in [4.78, 5) is 3.28. The van der Waals surface area contributed by atoms with Crippen LogP contribution in [-0.2, 0) is 0 Å². The molecule has 0 amide bonds. The van der Waals surface area contributed by atoms with E-state index in [1.165, 1.54) is 5.39 Å². The lowest BCUT2D eigenvalue weighted by molar-refractivity contribution is 0.792. The van der Waals surface area contributed by atoms with Crippen molar-refractivity contribution < 1.29 is 0 Å². The zero-order valence-corrected chi connectivity index (χ0v) is 12.7. The normalized spacial score (nSPS) is 11.3. The summed E-state index contributed by atoms with van der Waals surface area (Å²) in [6.07, 6.45) is 1.95. The highest BCUT2D eigenvalue weighted by molar-refractivity contribution is 5.94. The maximum absolute atomic E-state index is 4.25. The lowest BCUT2D eigenvalue weighted by Crippen LogP contribution is -1.99. The molecule has 114 valence electrons. The van der Waals surface area contributed by atoms with E-state index in [1.807, 2.05) is 42.6 Å². The molecule has 0 spiro atoms. The van der Waals surface area contributed by atoms with Crippen molar-refractivity contribution in [1.82, 2.24) is 25.2 Å². The lowest BCUT2D eigenvalue weighted by Gasteiger charge is -2.05. The van der Waals surface area contributed by atoms with Crippen molar-refractivity contribution in [1.29, 1.82) is 0 Å². The molecule has 2 heterocycles. The largest absolute Gasteiger partial charge is 0.360 e. The van der Waals surface area contributed by atoms with Crippen molar-refractivity contribution >= 4 is 21.7 Å². The van der Waals surface area contributed by atoms with Gasteiger partial charge in [0.2, 0.25) is 0 Å². The highest BCUT2D eigenvalue weighted by Gasteiger charge is 2.15. The van der Waals surface area contributed by atoms with Gasteiger partial charge in [0.1, 0.15) is 0 Å². The van der Waals surface area contributed by atoms with E-state index in [9.17, 15) is 0 Å². The standard InChI is InChI=1S/C19H13N5/c1-2-6-14-11-15(10-9-13(14)5-1)24-19(21-22-23-24)17-12-20-18-8-4-3-7-16(17)18/h1-12,20H. The molecule has 0 aliphatic carbocycles. The molecule has 0 atom stereocenters. The smallest absolute Gasteiger partial charge is 0.189 e. The van der Waals surface area contributed by atoms with Crippen molar-refractivity contribution in [2.75, 3.05) is 0 Å². The summed E-state index contributed by atoms with van der Waals surface area (Å²) in [7, 11) is 0. The van der Waals surface area contributed by atoms with E-state index in [-0.39, 0.29) is 0 Å². The fourth-order valence-electron chi connectivity index (χ4n) is 3.09. The molecule has 0 aliphatic heterocycles. The van der Waals surface area contributed by atoms with Crippen LogP contribution >= 0.6 is 0 Å². The molecule has 2 aromatic heterocycles. The van der Waals surface area contributed by atoms with Crippen LogP contribution in [-0.4, -0.2) is 25.2 Å². The van der Waals surface area contributed by atoms with E-state index in [0.29, 0.717) is 0 Å². The number of fused-ring (bicyclic) bond motifs is 2.